The molecule has 2 aromatic heterocycles. The summed E-state index contributed by atoms with van der Waals surface area (Å²) < 4.78 is 51.8. The second-order valence-corrected chi connectivity index (χ2v) is 6.89. The number of aromatic nitrogens is 4. The van der Waals surface area contributed by atoms with E-state index in [2.05, 4.69) is 20.1 Å². The van der Waals surface area contributed by atoms with Crippen molar-refractivity contribution >= 4 is 16.7 Å². The van der Waals surface area contributed by atoms with Crippen LogP contribution in [0.1, 0.15) is 5.56 Å². The maximum absolute atomic E-state index is 13.8. The lowest BCUT2D eigenvalue weighted by atomic mass is 10.1. The lowest BCUT2D eigenvalue weighted by Gasteiger charge is -2.31. The van der Waals surface area contributed by atoms with Crippen LogP contribution in [0.2, 0.25) is 0 Å². The van der Waals surface area contributed by atoms with Gasteiger partial charge in [-0.25, -0.2) is 4.98 Å². The van der Waals surface area contributed by atoms with Crippen LogP contribution in [0.5, 0.6) is 0 Å². The van der Waals surface area contributed by atoms with E-state index in [4.69, 9.17) is 9.26 Å². The summed E-state index contributed by atoms with van der Waals surface area (Å²) in [5, 5.41) is 3.93. The Morgan fingerprint density at radius 1 is 1.00 bits per heavy atom. The van der Waals surface area contributed by atoms with Crippen molar-refractivity contribution in [3.05, 3.63) is 48.3 Å². The number of hydrogen-bond acceptors (Lipinski definition) is 6. The quantitative estimate of drug-likeness (QED) is 0.542. The highest BCUT2D eigenvalue weighted by Crippen LogP contribution is 2.39. The van der Waals surface area contributed by atoms with Gasteiger partial charge in [-0.3, -0.25) is 0 Å². The highest BCUT2D eigenvalue weighted by Gasteiger charge is 2.36. The Morgan fingerprint density at radius 2 is 1.80 bits per heavy atom. The molecule has 30 heavy (non-hydrogen) atoms. The molecule has 0 bridgehead atoms. The van der Waals surface area contributed by atoms with Crippen molar-refractivity contribution in [2.75, 3.05) is 31.2 Å². The molecule has 1 saturated heterocycles. The van der Waals surface area contributed by atoms with E-state index in [1.54, 1.807) is 29.4 Å². The van der Waals surface area contributed by atoms with E-state index in [9.17, 15) is 13.2 Å². The first-order chi connectivity index (χ1) is 14.5. The maximum Gasteiger partial charge on any atom is 0.418 e. The van der Waals surface area contributed by atoms with Crippen LogP contribution in [0.3, 0.4) is 0 Å². The second-order valence-electron chi connectivity index (χ2n) is 6.89. The molecule has 154 valence electrons. The van der Waals surface area contributed by atoms with E-state index in [0.717, 1.165) is 17.1 Å². The minimum Gasteiger partial charge on any atom is -0.378 e. The molecule has 1 fully saturated rings. The van der Waals surface area contributed by atoms with E-state index in [1.165, 1.54) is 6.07 Å². The third-order valence-corrected chi connectivity index (χ3v) is 5.01. The molecule has 3 heterocycles. The molecule has 1 aliphatic rings. The molecule has 0 amide bonds. The number of imidazole rings is 1. The molecule has 0 atom stereocenters. The van der Waals surface area contributed by atoms with Crippen LogP contribution in [0.4, 0.5) is 18.9 Å². The zero-order chi connectivity index (χ0) is 20.7. The highest BCUT2D eigenvalue weighted by atomic mass is 19.4. The van der Waals surface area contributed by atoms with Crippen molar-refractivity contribution in [1.29, 1.82) is 0 Å². The van der Waals surface area contributed by atoms with Gasteiger partial charge in [0.25, 0.3) is 5.89 Å². The summed E-state index contributed by atoms with van der Waals surface area (Å²) >= 11 is 0. The van der Waals surface area contributed by atoms with Crippen LogP contribution in [0, 0.1) is 0 Å². The minimum atomic E-state index is -4.52. The fraction of sp³-hybridized carbons (Fsp3) is 0.250. The molecule has 4 aromatic rings. The summed E-state index contributed by atoms with van der Waals surface area (Å²) in [6.45, 7) is 1.60. The van der Waals surface area contributed by atoms with E-state index in [1.807, 2.05) is 6.07 Å². The maximum atomic E-state index is 13.8. The summed E-state index contributed by atoms with van der Waals surface area (Å²) in [5.74, 6) is 0.298. The number of fused-ring (bicyclic) bond motifs is 1. The average Bonchev–Trinajstić information content (AvgIpc) is 3.42. The summed E-state index contributed by atoms with van der Waals surface area (Å²) in [4.78, 5) is 13.1. The Kier molecular flexibility index (Phi) is 4.43. The Balaban J connectivity index is 1.51. The van der Waals surface area contributed by atoms with Gasteiger partial charge in [-0.15, -0.1) is 0 Å². The molecular weight excluding hydrogens is 399 g/mol. The Labute approximate surface area is 168 Å². The number of halogens is 3. The SMILES string of the molecule is FC(F)(F)c1cc(-c2nc(-c3ccc4[nH]cnc4c3)no2)ccc1N1CCOCC1. The minimum absolute atomic E-state index is 0.0196. The first kappa shape index (κ1) is 18.6. The monoisotopic (exact) mass is 415 g/mol. The van der Waals surface area contributed by atoms with Gasteiger partial charge in [-0.2, -0.15) is 18.2 Å². The van der Waals surface area contributed by atoms with E-state index in [-0.39, 0.29) is 23.0 Å². The summed E-state index contributed by atoms with van der Waals surface area (Å²) in [6.07, 6.45) is -2.94. The summed E-state index contributed by atoms with van der Waals surface area (Å²) in [7, 11) is 0. The smallest absolute Gasteiger partial charge is 0.378 e. The topological polar surface area (TPSA) is 80.1 Å². The number of ether oxygens (including phenoxy) is 1. The molecule has 0 saturated carbocycles. The van der Waals surface area contributed by atoms with E-state index in [0.29, 0.717) is 31.9 Å². The third kappa shape index (κ3) is 3.39. The Hall–Kier alpha value is -3.40. The Bertz CT molecular complexity index is 1190. The van der Waals surface area contributed by atoms with Crippen LogP contribution >= 0.6 is 0 Å². The van der Waals surface area contributed by atoms with Gasteiger partial charge in [0.2, 0.25) is 5.82 Å². The summed E-state index contributed by atoms with van der Waals surface area (Å²) in [5.41, 5.74) is 1.84. The normalized spacial score (nSPS) is 15.1. The molecular formula is C20H16F3N5O2. The van der Waals surface area contributed by atoms with Crippen LogP contribution in [0.15, 0.2) is 47.2 Å². The number of rotatable bonds is 3. The number of alkyl halides is 3. The van der Waals surface area contributed by atoms with Gasteiger partial charge in [0, 0.05) is 29.9 Å². The first-order valence-corrected chi connectivity index (χ1v) is 9.30. The Morgan fingerprint density at radius 3 is 2.60 bits per heavy atom. The average molecular weight is 415 g/mol. The fourth-order valence-corrected chi connectivity index (χ4v) is 3.51. The van der Waals surface area contributed by atoms with Gasteiger partial charge < -0.3 is 19.1 Å². The second kappa shape index (κ2) is 7.13. The highest BCUT2D eigenvalue weighted by molar-refractivity contribution is 5.80. The zero-order valence-corrected chi connectivity index (χ0v) is 15.6. The van der Waals surface area contributed by atoms with Gasteiger partial charge in [0.05, 0.1) is 36.1 Å². The number of benzene rings is 2. The van der Waals surface area contributed by atoms with Crippen molar-refractivity contribution < 1.29 is 22.4 Å². The molecule has 1 aliphatic heterocycles. The van der Waals surface area contributed by atoms with Gasteiger partial charge in [-0.1, -0.05) is 5.16 Å². The predicted octanol–water partition coefficient (Wildman–Crippen LogP) is 4.14. The van der Waals surface area contributed by atoms with Crippen molar-refractivity contribution in [3.8, 4) is 22.8 Å². The van der Waals surface area contributed by atoms with Gasteiger partial charge >= 0.3 is 6.18 Å². The lowest BCUT2D eigenvalue weighted by molar-refractivity contribution is -0.137. The van der Waals surface area contributed by atoms with E-state index < -0.39 is 11.7 Å². The molecule has 0 aliphatic carbocycles. The number of nitrogens with one attached hydrogen (secondary N) is 1. The van der Waals surface area contributed by atoms with Crippen molar-refractivity contribution in [2.45, 2.75) is 6.18 Å². The molecule has 10 heteroatoms. The lowest BCUT2D eigenvalue weighted by Crippen LogP contribution is -2.37. The van der Waals surface area contributed by atoms with Gasteiger partial charge in [0.15, 0.2) is 0 Å². The van der Waals surface area contributed by atoms with Crippen LogP contribution in [-0.4, -0.2) is 46.4 Å². The molecule has 2 aromatic carbocycles. The standard InChI is InChI=1S/C20H16F3N5O2/c21-20(22,23)14-9-13(2-4-17(14)28-5-7-29-8-6-28)19-26-18(27-30-19)12-1-3-15-16(10-12)25-11-24-15/h1-4,9-11H,5-8H2,(H,24,25). The summed E-state index contributed by atoms with van der Waals surface area (Å²) in [6, 6.07) is 9.46. The molecule has 0 unspecified atom stereocenters. The number of hydrogen-bond donors (Lipinski definition) is 1. The fourth-order valence-electron chi connectivity index (χ4n) is 3.51. The molecule has 0 spiro atoms. The number of morpholine rings is 1. The van der Waals surface area contributed by atoms with Gasteiger partial charge in [-0.05, 0) is 36.4 Å². The van der Waals surface area contributed by atoms with Crippen molar-refractivity contribution in [3.63, 3.8) is 0 Å². The van der Waals surface area contributed by atoms with E-state index >= 15 is 0 Å². The predicted molar refractivity (Wildman–Crippen MR) is 103 cm³/mol. The largest absolute Gasteiger partial charge is 0.418 e. The first-order valence-electron chi connectivity index (χ1n) is 9.30. The number of H-pyrrole nitrogens is 1. The molecule has 7 nitrogen and oxygen atoms in total. The molecule has 0 radical (unpaired) electrons. The number of aromatic amines is 1. The van der Waals surface area contributed by atoms with Crippen LogP contribution < -0.4 is 4.90 Å². The van der Waals surface area contributed by atoms with Gasteiger partial charge in [0.1, 0.15) is 0 Å². The van der Waals surface area contributed by atoms with Crippen LogP contribution in [-0.2, 0) is 10.9 Å². The number of anilines is 1. The van der Waals surface area contributed by atoms with Crippen molar-refractivity contribution in [2.24, 2.45) is 0 Å². The zero-order valence-electron chi connectivity index (χ0n) is 15.6. The molecule has 1 N–H and O–H groups in total. The van der Waals surface area contributed by atoms with Crippen molar-refractivity contribution in [1.82, 2.24) is 20.1 Å². The van der Waals surface area contributed by atoms with Crippen LogP contribution in [0.25, 0.3) is 33.9 Å². The third-order valence-electron chi connectivity index (χ3n) is 5.01. The molecule has 5 rings (SSSR count). The number of nitrogens with zero attached hydrogens (tertiary/aromatic N) is 4.